The SMILES string of the molecule is CCCCCCCOc1ccnc(NCCC)n1. The standard InChI is InChI=1S/C14H25N3O/c1-3-5-6-7-8-12-18-13-9-11-16-14(17-13)15-10-4-2/h9,11H,3-8,10,12H2,1-2H3,(H,15,16,17). The molecule has 0 aliphatic heterocycles. The molecule has 0 radical (unpaired) electrons. The van der Waals surface area contributed by atoms with Crippen molar-refractivity contribution in [1.29, 1.82) is 0 Å². The van der Waals surface area contributed by atoms with E-state index < -0.39 is 0 Å². The van der Waals surface area contributed by atoms with Gasteiger partial charge in [-0.05, 0) is 12.8 Å². The molecule has 1 aromatic heterocycles. The molecule has 0 atom stereocenters. The molecule has 1 rings (SSSR count). The van der Waals surface area contributed by atoms with Crippen LogP contribution in [0.25, 0.3) is 0 Å². The van der Waals surface area contributed by atoms with Gasteiger partial charge < -0.3 is 10.1 Å². The molecule has 1 heterocycles. The minimum atomic E-state index is 0.653. The molecule has 0 aliphatic carbocycles. The molecular weight excluding hydrogens is 226 g/mol. The Morgan fingerprint density at radius 3 is 2.72 bits per heavy atom. The summed E-state index contributed by atoms with van der Waals surface area (Å²) >= 11 is 0. The highest BCUT2D eigenvalue weighted by Crippen LogP contribution is 2.09. The highest BCUT2D eigenvalue weighted by atomic mass is 16.5. The van der Waals surface area contributed by atoms with E-state index in [-0.39, 0.29) is 0 Å². The lowest BCUT2D eigenvalue weighted by Gasteiger charge is -2.07. The van der Waals surface area contributed by atoms with E-state index >= 15 is 0 Å². The van der Waals surface area contributed by atoms with Crippen molar-refractivity contribution in [2.75, 3.05) is 18.5 Å². The Morgan fingerprint density at radius 2 is 1.94 bits per heavy atom. The molecule has 4 heteroatoms. The number of aromatic nitrogens is 2. The van der Waals surface area contributed by atoms with E-state index in [9.17, 15) is 0 Å². The van der Waals surface area contributed by atoms with Gasteiger partial charge in [0.1, 0.15) is 0 Å². The molecule has 0 fully saturated rings. The predicted octanol–water partition coefficient (Wildman–Crippen LogP) is 3.65. The van der Waals surface area contributed by atoms with Gasteiger partial charge in [-0.15, -0.1) is 0 Å². The quantitative estimate of drug-likeness (QED) is 0.645. The zero-order valence-electron chi connectivity index (χ0n) is 11.6. The normalized spacial score (nSPS) is 10.3. The molecular formula is C14H25N3O. The van der Waals surface area contributed by atoms with Gasteiger partial charge in [0.2, 0.25) is 11.8 Å². The summed E-state index contributed by atoms with van der Waals surface area (Å²) < 4.78 is 5.62. The van der Waals surface area contributed by atoms with Crippen molar-refractivity contribution in [3.05, 3.63) is 12.3 Å². The first kappa shape index (κ1) is 14.7. The third kappa shape index (κ3) is 6.42. The number of ether oxygens (including phenoxy) is 1. The first-order valence-electron chi connectivity index (χ1n) is 7.06. The van der Waals surface area contributed by atoms with Crippen LogP contribution in [0.2, 0.25) is 0 Å². The van der Waals surface area contributed by atoms with Crippen LogP contribution in [0.3, 0.4) is 0 Å². The number of rotatable bonds is 10. The van der Waals surface area contributed by atoms with Crippen molar-refractivity contribution in [3.63, 3.8) is 0 Å². The summed E-state index contributed by atoms with van der Waals surface area (Å²) in [5.74, 6) is 1.32. The number of hydrogen-bond acceptors (Lipinski definition) is 4. The average molecular weight is 251 g/mol. The number of anilines is 1. The highest BCUT2D eigenvalue weighted by Gasteiger charge is 1.99. The minimum Gasteiger partial charge on any atom is -0.478 e. The minimum absolute atomic E-state index is 0.653. The third-order valence-corrected chi connectivity index (χ3v) is 2.66. The molecule has 1 aromatic rings. The molecule has 18 heavy (non-hydrogen) atoms. The summed E-state index contributed by atoms with van der Waals surface area (Å²) in [6, 6.07) is 1.81. The van der Waals surface area contributed by atoms with Gasteiger partial charge in [0.25, 0.3) is 0 Å². The topological polar surface area (TPSA) is 47.0 Å². The van der Waals surface area contributed by atoms with Crippen LogP contribution in [0.5, 0.6) is 5.88 Å². The van der Waals surface area contributed by atoms with Crippen LogP contribution in [-0.4, -0.2) is 23.1 Å². The maximum absolute atomic E-state index is 5.62. The van der Waals surface area contributed by atoms with Crippen LogP contribution in [0.4, 0.5) is 5.95 Å². The molecule has 4 nitrogen and oxygen atoms in total. The Hall–Kier alpha value is -1.32. The van der Waals surface area contributed by atoms with Gasteiger partial charge in [-0.1, -0.05) is 39.5 Å². The van der Waals surface area contributed by atoms with E-state index in [1.54, 1.807) is 6.20 Å². The summed E-state index contributed by atoms with van der Waals surface area (Å²) in [5.41, 5.74) is 0. The largest absolute Gasteiger partial charge is 0.478 e. The van der Waals surface area contributed by atoms with Gasteiger partial charge in [0.15, 0.2) is 0 Å². The van der Waals surface area contributed by atoms with Crippen LogP contribution in [-0.2, 0) is 0 Å². The Labute approximate surface area is 110 Å². The number of unbranched alkanes of at least 4 members (excludes halogenated alkanes) is 4. The van der Waals surface area contributed by atoms with E-state index in [0.717, 1.165) is 26.0 Å². The molecule has 102 valence electrons. The van der Waals surface area contributed by atoms with Crippen molar-refractivity contribution >= 4 is 5.95 Å². The maximum atomic E-state index is 5.62. The van der Waals surface area contributed by atoms with E-state index in [0.29, 0.717) is 11.8 Å². The molecule has 0 aliphatic rings. The van der Waals surface area contributed by atoms with Gasteiger partial charge >= 0.3 is 0 Å². The smallest absolute Gasteiger partial charge is 0.225 e. The van der Waals surface area contributed by atoms with Crippen molar-refractivity contribution in [2.45, 2.75) is 52.4 Å². The predicted molar refractivity (Wildman–Crippen MR) is 75.1 cm³/mol. The number of nitrogens with one attached hydrogen (secondary N) is 1. The molecule has 0 amide bonds. The highest BCUT2D eigenvalue weighted by molar-refractivity contribution is 5.27. The zero-order chi connectivity index (χ0) is 13.1. The summed E-state index contributed by atoms with van der Waals surface area (Å²) in [7, 11) is 0. The lowest BCUT2D eigenvalue weighted by atomic mass is 10.2. The van der Waals surface area contributed by atoms with Crippen LogP contribution < -0.4 is 10.1 Å². The van der Waals surface area contributed by atoms with Crippen molar-refractivity contribution < 1.29 is 4.74 Å². The van der Waals surface area contributed by atoms with Crippen LogP contribution in [0.15, 0.2) is 12.3 Å². The molecule has 0 aromatic carbocycles. The van der Waals surface area contributed by atoms with E-state index in [2.05, 4.69) is 29.1 Å². The Morgan fingerprint density at radius 1 is 1.11 bits per heavy atom. The first-order chi connectivity index (χ1) is 8.86. The van der Waals surface area contributed by atoms with E-state index in [4.69, 9.17) is 4.74 Å². The second-order valence-electron chi connectivity index (χ2n) is 4.41. The lowest BCUT2D eigenvalue weighted by Crippen LogP contribution is -2.06. The monoisotopic (exact) mass is 251 g/mol. The molecule has 0 unspecified atom stereocenters. The summed E-state index contributed by atoms with van der Waals surface area (Å²) in [6.45, 7) is 5.97. The summed E-state index contributed by atoms with van der Waals surface area (Å²) in [5, 5.41) is 3.15. The van der Waals surface area contributed by atoms with Crippen molar-refractivity contribution in [3.8, 4) is 5.88 Å². The fraction of sp³-hybridized carbons (Fsp3) is 0.714. The van der Waals surface area contributed by atoms with Crippen LogP contribution in [0.1, 0.15) is 52.4 Å². The lowest BCUT2D eigenvalue weighted by molar-refractivity contribution is 0.293. The molecule has 0 spiro atoms. The van der Waals surface area contributed by atoms with Crippen LogP contribution in [0, 0.1) is 0 Å². The third-order valence-electron chi connectivity index (χ3n) is 2.66. The fourth-order valence-corrected chi connectivity index (χ4v) is 1.63. The van der Waals surface area contributed by atoms with Gasteiger partial charge in [-0.25, -0.2) is 4.98 Å². The second-order valence-corrected chi connectivity index (χ2v) is 4.41. The molecule has 0 saturated heterocycles. The van der Waals surface area contributed by atoms with Crippen molar-refractivity contribution in [2.24, 2.45) is 0 Å². The summed E-state index contributed by atoms with van der Waals surface area (Å²) in [4.78, 5) is 8.44. The Kier molecular flexibility index (Phi) is 7.93. The maximum Gasteiger partial charge on any atom is 0.225 e. The van der Waals surface area contributed by atoms with Gasteiger partial charge in [0.05, 0.1) is 6.61 Å². The van der Waals surface area contributed by atoms with Crippen LogP contribution >= 0.6 is 0 Å². The zero-order valence-corrected chi connectivity index (χ0v) is 11.6. The van der Waals surface area contributed by atoms with E-state index in [1.807, 2.05) is 6.07 Å². The van der Waals surface area contributed by atoms with Gasteiger partial charge in [0, 0.05) is 18.8 Å². The molecule has 1 N–H and O–H groups in total. The van der Waals surface area contributed by atoms with Gasteiger partial charge in [-0.2, -0.15) is 4.98 Å². The molecule has 0 saturated carbocycles. The summed E-state index contributed by atoms with van der Waals surface area (Å²) in [6.07, 6.45) is 9.02. The first-order valence-corrected chi connectivity index (χ1v) is 7.06. The number of nitrogens with zero attached hydrogens (tertiary/aromatic N) is 2. The number of hydrogen-bond donors (Lipinski definition) is 1. The second kappa shape index (κ2) is 9.68. The molecule has 0 bridgehead atoms. The van der Waals surface area contributed by atoms with E-state index in [1.165, 1.54) is 25.7 Å². The average Bonchev–Trinajstić information content (AvgIpc) is 2.41. The Balaban J connectivity index is 2.20. The fourth-order valence-electron chi connectivity index (χ4n) is 1.63. The van der Waals surface area contributed by atoms with Crippen molar-refractivity contribution in [1.82, 2.24) is 9.97 Å². The Bertz CT molecular complexity index is 318. The van der Waals surface area contributed by atoms with Gasteiger partial charge in [-0.3, -0.25) is 0 Å².